The molecule has 1 aromatic carbocycles. The lowest BCUT2D eigenvalue weighted by Gasteiger charge is -2.24. The van der Waals surface area contributed by atoms with Gasteiger partial charge < -0.3 is 19.3 Å². The topological polar surface area (TPSA) is 54.9 Å². The molecular weight excluding hydrogens is 423 g/mol. The van der Waals surface area contributed by atoms with E-state index in [0.29, 0.717) is 61.9 Å². The summed E-state index contributed by atoms with van der Waals surface area (Å²) in [4.78, 5) is 20.8. The molecule has 9 heteroatoms. The minimum absolute atomic E-state index is 0.140. The Hall–Kier alpha value is -3.23. The van der Waals surface area contributed by atoms with Crippen molar-refractivity contribution in [2.24, 2.45) is 0 Å². The smallest absolute Gasteiger partial charge is 0.417 e. The number of carbonyl (C=O) groups excluding carboxylic acids is 1. The van der Waals surface area contributed by atoms with Crippen LogP contribution in [-0.2, 0) is 12.6 Å². The van der Waals surface area contributed by atoms with E-state index >= 15 is 0 Å². The van der Waals surface area contributed by atoms with Crippen LogP contribution >= 0.6 is 0 Å². The molecule has 1 aliphatic heterocycles. The second kappa shape index (κ2) is 9.93. The van der Waals surface area contributed by atoms with Crippen molar-refractivity contribution in [3.63, 3.8) is 0 Å². The third kappa shape index (κ3) is 5.15. The van der Waals surface area contributed by atoms with E-state index in [0.717, 1.165) is 17.8 Å². The van der Waals surface area contributed by atoms with Crippen LogP contribution in [0, 0.1) is 0 Å². The van der Waals surface area contributed by atoms with Gasteiger partial charge in [-0.3, -0.25) is 4.79 Å². The lowest BCUT2D eigenvalue weighted by molar-refractivity contribution is -0.137. The molecule has 0 atom stereocenters. The molecule has 2 aromatic rings. The van der Waals surface area contributed by atoms with Crippen LogP contribution in [0.2, 0.25) is 0 Å². The lowest BCUT2D eigenvalue weighted by Crippen LogP contribution is -2.35. The average molecular weight is 449 g/mol. The van der Waals surface area contributed by atoms with Crippen LogP contribution in [0.25, 0.3) is 0 Å². The molecule has 0 N–H and O–H groups in total. The Kier molecular flexibility index (Phi) is 7.27. The molecule has 0 bridgehead atoms. The number of ether oxygens (including phenoxy) is 2. The van der Waals surface area contributed by atoms with Crippen molar-refractivity contribution in [2.45, 2.75) is 19.0 Å². The van der Waals surface area contributed by atoms with Crippen molar-refractivity contribution in [1.82, 2.24) is 9.88 Å². The minimum Gasteiger partial charge on any atom is -0.493 e. The van der Waals surface area contributed by atoms with Gasteiger partial charge in [0.15, 0.2) is 11.5 Å². The zero-order valence-corrected chi connectivity index (χ0v) is 18.1. The Bertz CT molecular complexity index is 961. The van der Waals surface area contributed by atoms with Gasteiger partial charge in [-0.2, -0.15) is 13.2 Å². The van der Waals surface area contributed by atoms with Gasteiger partial charge in [-0.15, -0.1) is 6.58 Å². The minimum atomic E-state index is -4.42. The van der Waals surface area contributed by atoms with Crippen molar-refractivity contribution in [2.75, 3.05) is 45.3 Å². The van der Waals surface area contributed by atoms with Gasteiger partial charge in [0.2, 0.25) is 0 Å². The molecule has 1 aromatic heterocycles. The summed E-state index contributed by atoms with van der Waals surface area (Å²) >= 11 is 0. The van der Waals surface area contributed by atoms with Gasteiger partial charge in [0.05, 0.1) is 19.8 Å². The van der Waals surface area contributed by atoms with Gasteiger partial charge in [-0.05, 0) is 37.1 Å². The molecule has 0 aliphatic carbocycles. The summed E-state index contributed by atoms with van der Waals surface area (Å²) in [5.74, 6) is 1.37. The molecule has 172 valence electrons. The number of nitrogens with zero attached hydrogens (tertiary/aromatic N) is 3. The van der Waals surface area contributed by atoms with Crippen molar-refractivity contribution in [3.05, 3.63) is 59.8 Å². The number of methoxy groups -OCH3 is 2. The Morgan fingerprint density at radius 2 is 1.94 bits per heavy atom. The number of allylic oxidation sites excluding steroid dienone is 1. The van der Waals surface area contributed by atoms with Gasteiger partial charge in [0, 0.05) is 43.5 Å². The highest BCUT2D eigenvalue weighted by Crippen LogP contribution is 2.34. The van der Waals surface area contributed by atoms with E-state index in [1.54, 1.807) is 30.2 Å². The lowest BCUT2D eigenvalue weighted by atomic mass is 10.0. The second-order valence-electron chi connectivity index (χ2n) is 7.40. The van der Waals surface area contributed by atoms with Crippen LogP contribution in [0.3, 0.4) is 0 Å². The molecule has 3 rings (SSSR count). The predicted octanol–water partition coefficient (Wildman–Crippen LogP) is 4.20. The fourth-order valence-electron chi connectivity index (χ4n) is 3.75. The van der Waals surface area contributed by atoms with Crippen molar-refractivity contribution >= 4 is 11.7 Å². The largest absolute Gasteiger partial charge is 0.493 e. The number of alkyl halides is 3. The van der Waals surface area contributed by atoms with E-state index in [2.05, 4.69) is 11.6 Å². The molecule has 1 aliphatic rings. The number of amides is 1. The molecule has 0 radical (unpaired) electrons. The number of hydrogen-bond acceptors (Lipinski definition) is 5. The number of hydrogen-bond donors (Lipinski definition) is 0. The quantitative estimate of drug-likeness (QED) is 0.619. The number of anilines is 1. The van der Waals surface area contributed by atoms with Gasteiger partial charge in [0.25, 0.3) is 5.91 Å². The zero-order valence-electron chi connectivity index (χ0n) is 18.1. The fraction of sp³-hybridized carbons (Fsp3) is 0.391. The monoisotopic (exact) mass is 449 g/mol. The Morgan fingerprint density at radius 1 is 1.16 bits per heavy atom. The Labute approximate surface area is 185 Å². The maximum absolute atomic E-state index is 13.2. The maximum atomic E-state index is 13.2. The highest BCUT2D eigenvalue weighted by molar-refractivity contribution is 5.95. The summed E-state index contributed by atoms with van der Waals surface area (Å²) < 4.78 is 49.2. The van der Waals surface area contributed by atoms with Gasteiger partial charge in [-0.1, -0.05) is 6.08 Å². The van der Waals surface area contributed by atoms with E-state index in [9.17, 15) is 18.0 Å². The predicted molar refractivity (Wildman–Crippen MR) is 115 cm³/mol. The van der Waals surface area contributed by atoms with Crippen molar-refractivity contribution < 1.29 is 27.4 Å². The third-order valence-corrected chi connectivity index (χ3v) is 5.35. The first-order valence-corrected chi connectivity index (χ1v) is 10.2. The molecule has 32 heavy (non-hydrogen) atoms. The van der Waals surface area contributed by atoms with Crippen LogP contribution in [-0.4, -0.2) is 56.2 Å². The van der Waals surface area contributed by atoms with Crippen molar-refractivity contribution in [1.29, 1.82) is 0 Å². The van der Waals surface area contributed by atoms with Crippen LogP contribution < -0.4 is 14.4 Å². The number of aromatic nitrogens is 1. The fourth-order valence-corrected chi connectivity index (χ4v) is 3.75. The Balaban J connectivity index is 1.76. The van der Waals surface area contributed by atoms with E-state index in [4.69, 9.17) is 9.47 Å². The number of benzene rings is 1. The highest BCUT2D eigenvalue weighted by atomic mass is 19.4. The Morgan fingerprint density at radius 3 is 2.53 bits per heavy atom. The molecule has 0 spiro atoms. The number of carbonyl (C=O) groups is 1. The first-order valence-electron chi connectivity index (χ1n) is 10.2. The molecule has 1 amide bonds. The van der Waals surface area contributed by atoms with Crippen LogP contribution in [0.5, 0.6) is 11.5 Å². The molecule has 1 saturated heterocycles. The second-order valence-corrected chi connectivity index (χ2v) is 7.40. The summed E-state index contributed by atoms with van der Waals surface area (Å²) in [6, 6.07) is 5.84. The van der Waals surface area contributed by atoms with Crippen LogP contribution in [0.1, 0.15) is 27.9 Å². The van der Waals surface area contributed by atoms with E-state index in [-0.39, 0.29) is 5.91 Å². The first kappa shape index (κ1) is 23.4. The van der Waals surface area contributed by atoms with Crippen LogP contribution in [0.15, 0.2) is 43.1 Å². The van der Waals surface area contributed by atoms with Gasteiger partial charge in [-0.25, -0.2) is 4.98 Å². The molecular formula is C23H26F3N3O3. The van der Waals surface area contributed by atoms with Crippen LogP contribution in [0.4, 0.5) is 19.0 Å². The molecule has 2 heterocycles. The van der Waals surface area contributed by atoms with E-state index in [1.165, 1.54) is 13.2 Å². The van der Waals surface area contributed by atoms with E-state index in [1.807, 2.05) is 4.90 Å². The van der Waals surface area contributed by atoms with Gasteiger partial charge in [0.1, 0.15) is 5.82 Å². The number of pyridine rings is 1. The molecule has 0 saturated carbocycles. The third-order valence-electron chi connectivity index (χ3n) is 5.35. The summed E-state index contributed by atoms with van der Waals surface area (Å²) in [7, 11) is 3.06. The maximum Gasteiger partial charge on any atom is 0.417 e. The molecule has 6 nitrogen and oxygen atoms in total. The normalized spacial score (nSPS) is 14.7. The standard InChI is InChI=1S/C23H26F3N3O3/c1-4-6-16-13-17(14-19(31-2)21(16)32-3)22(30)29-10-5-9-28(11-12-29)20-8-7-18(15-27-20)23(24,25)26/h4,7-8,13-15H,1,5-6,9-12H2,2-3H3. The summed E-state index contributed by atoms with van der Waals surface area (Å²) in [5, 5.41) is 0. The zero-order chi connectivity index (χ0) is 23.3. The molecule has 1 fully saturated rings. The number of halogens is 3. The summed E-state index contributed by atoms with van der Waals surface area (Å²) in [6.07, 6.45) is -0.660. The average Bonchev–Trinajstić information content (AvgIpc) is 3.04. The first-order chi connectivity index (χ1) is 15.3. The molecule has 0 unspecified atom stereocenters. The number of rotatable bonds is 6. The van der Waals surface area contributed by atoms with E-state index < -0.39 is 11.7 Å². The SMILES string of the molecule is C=CCc1cc(C(=O)N2CCCN(c3ccc(C(F)(F)F)cn3)CC2)cc(OC)c1OC. The summed E-state index contributed by atoms with van der Waals surface area (Å²) in [6.45, 7) is 5.77. The highest BCUT2D eigenvalue weighted by Gasteiger charge is 2.31. The van der Waals surface area contributed by atoms with Crippen molar-refractivity contribution in [3.8, 4) is 11.5 Å². The summed E-state index contributed by atoms with van der Waals surface area (Å²) in [5.41, 5.74) is 0.507. The van der Waals surface area contributed by atoms with Gasteiger partial charge >= 0.3 is 6.18 Å².